The zero-order chi connectivity index (χ0) is 12.8. The fraction of sp³-hybridized carbons (Fsp3) is 0.857. The Morgan fingerprint density at radius 2 is 1.56 bits per heavy atom. The number of hydrogen-bond acceptors (Lipinski definition) is 3. The molecule has 0 bridgehead atoms. The Hall–Kier alpha value is -0.900. The number of nitrogens with zero attached hydrogens (tertiary/aromatic N) is 1. The van der Waals surface area contributed by atoms with Gasteiger partial charge in [-0.1, -0.05) is 19.3 Å². The zero-order valence-electron chi connectivity index (χ0n) is 10.7. The van der Waals surface area contributed by atoms with Crippen LogP contribution < -0.4 is 0 Å². The standard InChI is InChI=1S/C14H21NO3/c16-11-6-10(7-11)15-12(17)8-14(9-13(15)18)4-2-1-3-5-14/h10-11,16H,1-9H2. The monoisotopic (exact) mass is 251 g/mol. The molecule has 3 rings (SSSR count). The number of hydrogen-bond donors (Lipinski definition) is 1. The Bertz CT molecular complexity index is 347. The van der Waals surface area contributed by atoms with Crippen molar-refractivity contribution < 1.29 is 14.7 Å². The number of piperidine rings is 1. The van der Waals surface area contributed by atoms with Gasteiger partial charge in [0.15, 0.2) is 0 Å². The number of aliphatic hydroxyl groups is 1. The summed E-state index contributed by atoms with van der Waals surface area (Å²) in [5.41, 5.74) is -0.0225. The quantitative estimate of drug-likeness (QED) is 0.720. The van der Waals surface area contributed by atoms with Gasteiger partial charge in [0, 0.05) is 18.9 Å². The van der Waals surface area contributed by atoms with Crippen molar-refractivity contribution in [3.05, 3.63) is 0 Å². The van der Waals surface area contributed by atoms with Gasteiger partial charge in [-0.2, -0.15) is 0 Å². The lowest BCUT2D eigenvalue weighted by molar-refractivity contribution is -0.162. The summed E-state index contributed by atoms with van der Waals surface area (Å²) < 4.78 is 0. The van der Waals surface area contributed by atoms with Gasteiger partial charge in [0.1, 0.15) is 0 Å². The third kappa shape index (κ3) is 1.96. The van der Waals surface area contributed by atoms with Crippen LogP contribution >= 0.6 is 0 Å². The number of amides is 2. The van der Waals surface area contributed by atoms with Crippen LogP contribution in [0.1, 0.15) is 57.8 Å². The van der Waals surface area contributed by atoms with Crippen LogP contribution in [0.5, 0.6) is 0 Å². The predicted octanol–water partition coefficient (Wildman–Crippen LogP) is 1.61. The molecule has 100 valence electrons. The van der Waals surface area contributed by atoms with E-state index in [2.05, 4.69) is 0 Å². The van der Waals surface area contributed by atoms with Crippen LogP contribution in [0.15, 0.2) is 0 Å². The molecule has 0 unspecified atom stereocenters. The Morgan fingerprint density at radius 1 is 1.00 bits per heavy atom. The predicted molar refractivity (Wildman–Crippen MR) is 65.6 cm³/mol. The second-order valence-electron chi connectivity index (χ2n) is 6.35. The maximum Gasteiger partial charge on any atom is 0.230 e. The lowest BCUT2D eigenvalue weighted by Gasteiger charge is -2.47. The first kappa shape index (κ1) is 12.2. The van der Waals surface area contributed by atoms with Gasteiger partial charge in [-0.25, -0.2) is 0 Å². The van der Waals surface area contributed by atoms with Gasteiger partial charge in [0.25, 0.3) is 0 Å². The maximum atomic E-state index is 12.2. The number of imide groups is 1. The Balaban J connectivity index is 1.71. The molecule has 1 aliphatic heterocycles. The van der Waals surface area contributed by atoms with E-state index in [9.17, 15) is 14.7 Å². The molecule has 0 radical (unpaired) electrons. The van der Waals surface area contributed by atoms with Crippen LogP contribution in [0.4, 0.5) is 0 Å². The summed E-state index contributed by atoms with van der Waals surface area (Å²) in [4.78, 5) is 25.9. The molecule has 2 amide bonds. The van der Waals surface area contributed by atoms with Crippen molar-refractivity contribution in [2.45, 2.75) is 69.9 Å². The fourth-order valence-electron chi connectivity index (χ4n) is 3.85. The van der Waals surface area contributed by atoms with Crippen molar-refractivity contribution in [3.8, 4) is 0 Å². The highest BCUT2D eigenvalue weighted by atomic mass is 16.3. The van der Waals surface area contributed by atoms with E-state index in [0.29, 0.717) is 25.7 Å². The van der Waals surface area contributed by atoms with E-state index in [1.54, 1.807) is 0 Å². The molecular formula is C14H21NO3. The summed E-state index contributed by atoms with van der Waals surface area (Å²) >= 11 is 0. The normalized spacial score (nSPS) is 35.7. The Labute approximate surface area is 107 Å². The van der Waals surface area contributed by atoms with E-state index in [0.717, 1.165) is 25.7 Å². The summed E-state index contributed by atoms with van der Waals surface area (Å²) in [5, 5.41) is 9.31. The number of aliphatic hydroxyl groups excluding tert-OH is 1. The molecule has 0 aromatic carbocycles. The minimum absolute atomic E-state index is 0.00468. The summed E-state index contributed by atoms with van der Waals surface area (Å²) in [6.45, 7) is 0. The third-order valence-electron chi connectivity index (χ3n) is 4.96. The van der Waals surface area contributed by atoms with E-state index >= 15 is 0 Å². The van der Waals surface area contributed by atoms with Crippen LogP contribution in [-0.4, -0.2) is 34.0 Å². The molecule has 18 heavy (non-hydrogen) atoms. The van der Waals surface area contributed by atoms with Gasteiger partial charge < -0.3 is 5.11 Å². The molecule has 0 aromatic rings. The fourth-order valence-corrected chi connectivity index (χ4v) is 3.85. The van der Waals surface area contributed by atoms with E-state index in [4.69, 9.17) is 0 Å². The number of rotatable bonds is 1. The second kappa shape index (κ2) is 4.34. The van der Waals surface area contributed by atoms with Crippen molar-refractivity contribution in [2.24, 2.45) is 5.41 Å². The molecule has 4 heteroatoms. The van der Waals surface area contributed by atoms with Crippen molar-refractivity contribution >= 4 is 11.8 Å². The summed E-state index contributed by atoms with van der Waals surface area (Å²) in [6.07, 6.45) is 7.54. The van der Waals surface area contributed by atoms with Gasteiger partial charge in [-0.3, -0.25) is 14.5 Å². The Kier molecular flexibility index (Phi) is 2.93. The highest BCUT2D eigenvalue weighted by Crippen LogP contribution is 2.46. The van der Waals surface area contributed by atoms with Gasteiger partial charge in [-0.05, 0) is 31.1 Å². The lowest BCUT2D eigenvalue weighted by atomic mass is 9.67. The average molecular weight is 251 g/mol. The van der Waals surface area contributed by atoms with Crippen LogP contribution in [0, 0.1) is 5.41 Å². The zero-order valence-corrected chi connectivity index (χ0v) is 10.7. The lowest BCUT2D eigenvalue weighted by Crippen LogP contribution is -2.57. The van der Waals surface area contributed by atoms with E-state index < -0.39 is 0 Å². The molecule has 3 fully saturated rings. The Morgan fingerprint density at radius 3 is 2.06 bits per heavy atom. The first-order valence-electron chi connectivity index (χ1n) is 7.13. The summed E-state index contributed by atoms with van der Waals surface area (Å²) in [7, 11) is 0. The van der Waals surface area contributed by atoms with Crippen LogP contribution in [-0.2, 0) is 9.59 Å². The molecule has 0 atom stereocenters. The van der Waals surface area contributed by atoms with Gasteiger partial charge >= 0.3 is 0 Å². The second-order valence-corrected chi connectivity index (χ2v) is 6.35. The summed E-state index contributed by atoms with van der Waals surface area (Å²) in [5.74, 6) is 0.00935. The van der Waals surface area contributed by atoms with Crippen LogP contribution in [0.25, 0.3) is 0 Å². The van der Waals surface area contributed by atoms with Gasteiger partial charge in [0.05, 0.1) is 6.10 Å². The highest BCUT2D eigenvalue weighted by molar-refractivity contribution is 5.99. The van der Waals surface area contributed by atoms with Crippen molar-refractivity contribution in [2.75, 3.05) is 0 Å². The molecule has 3 aliphatic rings. The maximum absolute atomic E-state index is 12.2. The smallest absolute Gasteiger partial charge is 0.230 e. The molecule has 2 aliphatic carbocycles. The first-order chi connectivity index (χ1) is 8.60. The number of likely N-dealkylation sites (tertiary alicyclic amines) is 1. The van der Waals surface area contributed by atoms with Crippen LogP contribution in [0.2, 0.25) is 0 Å². The molecule has 1 N–H and O–H groups in total. The molecule has 1 spiro atoms. The SMILES string of the molecule is O=C1CC2(CCCCC2)CC(=O)N1C1CC(O)C1. The van der Waals surface area contributed by atoms with Crippen LogP contribution in [0.3, 0.4) is 0 Å². The number of carbonyl (C=O) groups excluding carboxylic acids is 2. The highest BCUT2D eigenvalue weighted by Gasteiger charge is 2.48. The topological polar surface area (TPSA) is 57.6 Å². The van der Waals surface area contributed by atoms with E-state index in [1.165, 1.54) is 11.3 Å². The van der Waals surface area contributed by atoms with Gasteiger partial charge in [0.2, 0.25) is 11.8 Å². The molecule has 1 saturated heterocycles. The van der Waals surface area contributed by atoms with E-state index in [1.807, 2.05) is 0 Å². The van der Waals surface area contributed by atoms with Crippen molar-refractivity contribution in [1.82, 2.24) is 4.90 Å². The minimum atomic E-state index is -0.318. The number of carbonyl (C=O) groups is 2. The largest absolute Gasteiger partial charge is 0.393 e. The average Bonchev–Trinajstić information content (AvgIpc) is 2.26. The minimum Gasteiger partial charge on any atom is -0.393 e. The van der Waals surface area contributed by atoms with E-state index in [-0.39, 0.29) is 29.4 Å². The third-order valence-corrected chi connectivity index (χ3v) is 4.96. The molecular weight excluding hydrogens is 230 g/mol. The van der Waals surface area contributed by atoms with Gasteiger partial charge in [-0.15, -0.1) is 0 Å². The molecule has 4 nitrogen and oxygen atoms in total. The molecule has 1 heterocycles. The first-order valence-corrected chi connectivity index (χ1v) is 7.13. The molecule has 2 saturated carbocycles. The van der Waals surface area contributed by atoms with Crippen molar-refractivity contribution in [3.63, 3.8) is 0 Å². The molecule has 0 aromatic heterocycles. The summed E-state index contributed by atoms with van der Waals surface area (Å²) in [6, 6.07) is -0.0269. The van der Waals surface area contributed by atoms with Crippen molar-refractivity contribution in [1.29, 1.82) is 0 Å².